The Kier molecular flexibility index (Phi) is 6.12. The molecule has 2 N–H and O–H groups in total. The number of anilines is 1. The van der Waals surface area contributed by atoms with Crippen LogP contribution < -0.4 is 10.2 Å². The average Bonchev–Trinajstić information content (AvgIpc) is 3.10. The summed E-state index contributed by atoms with van der Waals surface area (Å²) in [5.41, 5.74) is 3.52. The third kappa shape index (κ3) is 4.74. The van der Waals surface area contributed by atoms with Crippen LogP contribution in [0.4, 0.5) is 5.69 Å². The van der Waals surface area contributed by atoms with E-state index in [2.05, 4.69) is 10.4 Å². The summed E-state index contributed by atoms with van der Waals surface area (Å²) in [6.07, 6.45) is 0.604. The lowest BCUT2D eigenvalue weighted by Gasteiger charge is -2.15. The minimum atomic E-state index is -2.97. The first-order chi connectivity index (χ1) is 13.2. The second kappa shape index (κ2) is 8.23. The molecule has 9 heteroatoms. The monoisotopic (exact) mass is 425 g/mol. The number of halogens is 1. The summed E-state index contributed by atoms with van der Waals surface area (Å²) < 4.78 is 25.4. The molecular weight excluding hydrogens is 400 g/mol. The van der Waals surface area contributed by atoms with Gasteiger partial charge in [0.25, 0.3) is 5.91 Å². The van der Waals surface area contributed by atoms with E-state index in [1.54, 1.807) is 12.1 Å². The fourth-order valence-electron chi connectivity index (χ4n) is 3.67. The molecule has 0 aliphatic carbocycles. The van der Waals surface area contributed by atoms with Crippen LogP contribution in [0.5, 0.6) is 0 Å². The number of quaternary nitrogens is 1. The Labute approximate surface area is 170 Å². The lowest BCUT2D eigenvalue weighted by atomic mass is 10.1. The van der Waals surface area contributed by atoms with Gasteiger partial charge in [-0.05, 0) is 32.4 Å². The van der Waals surface area contributed by atoms with Crippen LogP contribution in [0.2, 0.25) is 5.02 Å². The number of nitrogens with one attached hydrogen (secondary N) is 2. The maximum atomic E-state index is 12.3. The lowest BCUT2D eigenvalue weighted by Crippen LogP contribution is -3.08. The zero-order chi connectivity index (χ0) is 20.5. The van der Waals surface area contributed by atoms with Crippen LogP contribution in [0, 0.1) is 13.8 Å². The maximum absolute atomic E-state index is 12.3. The van der Waals surface area contributed by atoms with Crippen LogP contribution in [0.15, 0.2) is 24.3 Å². The molecule has 2 aromatic rings. The SMILES string of the molecule is Cc1nn([C@@H]2CCS(=O)(=O)C2)c(C)c1C[NH+](C)CC(=O)Nc1ccccc1Cl. The molecule has 152 valence electrons. The van der Waals surface area contributed by atoms with Crippen molar-refractivity contribution in [3.05, 3.63) is 46.2 Å². The van der Waals surface area contributed by atoms with E-state index in [0.29, 0.717) is 23.7 Å². The molecule has 2 heterocycles. The van der Waals surface area contributed by atoms with Crippen molar-refractivity contribution >= 4 is 33.0 Å². The molecule has 1 aliphatic rings. The van der Waals surface area contributed by atoms with E-state index in [4.69, 9.17) is 11.6 Å². The van der Waals surface area contributed by atoms with Gasteiger partial charge in [-0.2, -0.15) is 5.10 Å². The molecule has 1 aromatic heterocycles. The molecule has 0 saturated carbocycles. The number of benzene rings is 1. The highest BCUT2D eigenvalue weighted by Gasteiger charge is 2.31. The zero-order valence-corrected chi connectivity index (χ0v) is 17.9. The van der Waals surface area contributed by atoms with Crippen LogP contribution in [0.1, 0.15) is 29.4 Å². The molecule has 1 aliphatic heterocycles. The van der Waals surface area contributed by atoms with Crippen molar-refractivity contribution in [3.8, 4) is 0 Å². The Balaban J connectivity index is 1.65. The van der Waals surface area contributed by atoms with Gasteiger partial charge >= 0.3 is 0 Å². The number of amides is 1. The van der Waals surface area contributed by atoms with Crippen molar-refractivity contribution in [1.82, 2.24) is 9.78 Å². The number of likely N-dealkylation sites (N-methyl/N-ethyl adjacent to an activating group) is 1. The van der Waals surface area contributed by atoms with Crippen molar-refractivity contribution in [2.24, 2.45) is 0 Å². The summed E-state index contributed by atoms with van der Waals surface area (Å²) in [7, 11) is -1.02. The molecule has 1 saturated heterocycles. The van der Waals surface area contributed by atoms with E-state index in [1.807, 2.05) is 37.7 Å². The number of carbonyl (C=O) groups excluding carboxylic acids is 1. The van der Waals surface area contributed by atoms with Crippen molar-refractivity contribution in [1.29, 1.82) is 0 Å². The van der Waals surface area contributed by atoms with Gasteiger partial charge in [0, 0.05) is 5.69 Å². The van der Waals surface area contributed by atoms with Crippen molar-refractivity contribution in [2.45, 2.75) is 32.9 Å². The number of para-hydroxylation sites is 1. The Morgan fingerprint density at radius 1 is 1.36 bits per heavy atom. The number of rotatable bonds is 6. The molecule has 1 fully saturated rings. The predicted octanol–water partition coefficient (Wildman–Crippen LogP) is 1.17. The molecule has 1 unspecified atom stereocenters. The van der Waals surface area contributed by atoms with E-state index < -0.39 is 9.84 Å². The molecule has 3 rings (SSSR count). The number of carbonyl (C=O) groups is 1. The van der Waals surface area contributed by atoms with Gasteiger partial charge in [-0.3, -0.25) is 9.48 Å². The predicted molar refractivity (Wildman–Crippen MR) is 110 cm³/mol. The van der Waals surface area contributed by atoms with E-state index in [0.717, 1.165) is 21.9 Å². The molecule has 2 atom stereocenters. The number of hydrogen-bond donors (Lipinski definition) is 2. The summed E-state index contributed by atoms with van der Waals surface area (Å²) in [6, 6.07) is 7.04. The van der Waals surface area contributed by atoms with Gasteiger partial charge < -0.3 is 10.2 Å². The Bertz CT molecular complexity index is 987. The van der Waals surface area contributed by atoms with Crippen LogP contribution in [0.3, 0.4) is 0 Å². The summed E-state index contributed by atoms with van der Waals surface area (Å²) >= 11 is 6.09. The number of nitrogens with zero attached hydrogens (tertiary/aromatic N) is 2. The maximum Gasteiger partial charge on any atom is 0.279 e. The lowest BCUT2D eigenvalue weighted by molar-refractivity contribution is -0.885. The number of aryl methyl sites for hydroxylation is 1. The van der Waals surface area contributed by atoms with Gasteiger partial charge in [0.05, 0.1) is 46.6 Å². The van der Waals surface area contributed by atoms with E-state index in [-0.39, 0.29) is 30.0 Å². The molecular formula is C19H26ClN4O3S+. The topological polar surface area (TPSA) is 85.5 Å². The number of hydrogen-bond acceptors (Lipinski definition) is 4. The second-order valence-electron chi connectivity index (χ2n) is 7.49. The Morgan fingerprint density at radius 3 is 2.71 bits per heavy atom. The van der Waals surface area contributed by atoms with Crippen molar-refractivity contribution in [2.75, 3.05) is 30.4 Å². The minimum Gasteiger partial charge on any atom is -0.326 e. The molecule has 0 spiro atoms. The van der Waals surface area contributed by atoms with Crippen molar-refractivity contribution in [3.63, 3.8) is 0 Å². The molecule has 1 aromatic carbocycles. The van der Waals surface area contributed by atoms with Gasteiger partial charge in [0.15, 0.2) is 16.4 Å². The molecule has 0 bridgehead atoms. The zero-order valence-electron chi connectivity index (χ0n) is 16.3. The largest absolute Gasteiger partial charge is 0.326 e. The first-order valence-electron chi connectivity index (χ1n) is 9.27. The van der Waals surface area contributed by atoms with Gasteiger partial charge in [0.1, 0.15) is 6.54 Å². The summed E-state index contributed by atoms with van der Waals surface area (Å²) in [4.78, 5) is 13.4. The van der Waals surface area contributed by atoms with Crippen molar-refractivity contribution < 1.29 is 18.1 Å². The highest BCUT2D eigenvalue weighted by Crippen LogP contribution is 2.26. The second-order valence-corrected chi connectivity index (χ2v) is 10.1. The van der Waals surface area contributed by atoms with Crippen LogP contribution >= 0.6 is 11.6 Å². The van der Waals surface area contributed by atoms with Gasteiger partial charge in [-0.15, -0.1) is 0 Å². The van der Waals surface area contributed by atoms with E-state index >= 15 is 0 Å². The molecule has 28 heavy (non-hydrogen) atoms. The highest BCUT2D eigenvalue weighted by molar-refractivity contribution is 7.91. The third-order valence-electron chi connectivity index (χ3n) is 5.12. The standard InChI is InChI=1S/C19H25ClN4O3S/c1-13-16(14(2)24(22-13)15-8-9-28(26,27)12-15)10-23(3)11-19(25)21-18-7-5-4-6-17(18)20/h4-7,15H,8-12H2,1-3H3,(H,21,25)/p+1/t15-/m1/s1. The summed E-state index contributed by atoms with van der Waals surface area (Å²) in [6.45, 7) is 4.82. The minimum absolute atomic E-state index is 0.0960. The fourth-order valence-corrected chi connectivity index (χ4v) is 5.55. The van der Waals surface area contributed by atoms with Gasteiger partial charge in [-0.25, -0.2) is 8.42 Å². The van der Waals surface area contributed by atoms with Crippen LogP contribution in [-0.4, -0.2) is 49.2 Å². The van der Waals surface area contributed by atoms with Crippen LogP contribution in [0.25, 0.3) is 0 Å². The highest BCUT2D eigenvalue weighted by atomic mass is 35.5. The smallest absolute Gasteiger partial charge is 0.279 e. The average molecular weight is 426 g/mol. The first kappa shape index (κ1) is 20.8. The van der Waals surface area contributed by atoms with Gasteiger partial charge in [0.2, 0.25) is 0 Å². The summed E-state index contributed by atoms with van der Waals surface area (Å²) in [5, 5.41) is 7.93. The Hall–Kier alpha value is -1.90. The third-order valence-corrected chi connectivity index (χ3v) is 7.20. The fraction of sp³-hybridized carbons (Fsp3) is 0.474. The molecule has 0 radical (unpaired) electrons. The summed E-state index contributed by atoms with van der Waals surface area (Å²) in [5.74, 6) is 0.256. The molecule has 7 nitrogen and oxygen atoms in total. The first-order valence-corrected chi connectivity index (χ1v) is 11.5. The normalized spacial score (nSPS) is 19.5. The number of aromatic nitrogens is 2. The Morgan fingerprint density at radius 2 is 2.07 bits per heavy atom. The quantitative estimate of drug-likeness (QED) is 0.727. The van der Waals surface area contributed by atoms with Gasteiger partial charge in [-0.1, -0.05) is 23.7 Å². The van der Waals surface area contributed by atoms with E-state index in [1.165, 1.54) is 0 Å². The molecule has 1 amide bonds. The van der Waals surface area contributed by atoms with Crippen LogP contribution in [-0.2, 0) is 21.2 Å². The number of sulfone groups is 1. The van der Waals surface area contributed by atoms with E-state index in [9.17, 15) is 13.2 Å².